The van der Waals surface area contributed by atoms with Crippen LogP contribution in [0.1, 0.15) is 24.8 Å². The highest BCUT2D eigenvalue weighted by Crippen LogP contribution is 2.16. The van der Waals surface area contributed by atoms with Crippen molar-refractivity contribution in [2.45, 2.75) is 25.7 Å². The van der Waals surface area contributed by atoms with Crippen LogP contribution in [-0.4, -0.2) is 17.4 Å². The average molecular weight is 318 g/mol. The van der Waals surface area contributed by atoms with E-state index < -0.39 is 0 Å². The van der Waals surface area contributed by atoms with E-state index in [2.05, 4.69) is 15.9 Å². The van der Waals surface area contributed by atoms with E-state index in [9.17, 15) is 9.59 Å². The van der Waals surface area contributed by atoms with Crippen molar-refractivity contribution >= 4 is 39.1 Å². The molecule has 0 aliphatic heterocycles. The Morgan fingerprint density at radius 1 is 1.12 bits per heavy atom. The SMILES string of the molecule is O=C(CCCCCl)C(=O)Cc1ccccc1Br. The van der Waals surface area contributed by atoms with Crippen LogP contribution in [0.4, 0.5) is 0 Å². The molecule has 0 N–H and O–H groups in total. The van der Waals surface area contributed by atoms with Crippen molar-refractivity contribution in [1.82, 2.24) is 0 Å². The van der Waals surface area contributed by atoms with Gasteiger partial charge in [-0.3, -0.25) is 9.59 Å². The molecule has 2 nitrogen and oxygen atoms in total. The maximum atomic E-state index is 11.7. The number of hydrogen-bond donors (Lipinski definition) is 0. The summed E-state index contributed by atoms with van der Waals surface area (Å²) in [5.41, 5.74) is 0.850. The monoisotopic (exact) mass is 316 g/mol. The van der Waals surface area contributed by atoms with Crippen LogP contribution >= 0.6 is 27.5 Å². The van der Waals surface area contributed by atoms with Gasteiger partial charge in [0.05, 0.1) is 0 Å². The van der Waals surface area contributed by atoms with Crippen LogP contribution in [0.3, 0.4) is 0 Å². The van der Waals surface area contributed by atoms with Gasteiger partial charge in [0, 0.05) is 23.2 Å². The molecule has 0 saturated carbocycles. The summed E-state index contributed by atoms with van der Waals surface area (Å²) in [5.74, 6) is -0.0940. The predicted molar refractivity (Wildman–Crippen MR) is 72.4 cm³/mol. The lowest BCUT2D eigenvalue weighted by Crippen LogP contribution is -2.16. The van der Waals surface area contributed by atoms with Crippen LogP contribution in [0.2, 0.25) is 0 Å². The zero-order valence-corrected chi connectivity index (χ0v) is 11.8. The van der Waals surface area contributed by atoms with Gasteiger partial charge < -0.3 is 0 Å². The Morgan fingerprint density at radius 2 is 1.82 bits per heavy atom. The van der Waals surface area contributed by atoms with Crippen LogP contribution in [0, 0.1) is 0 Å². The smallest absolute Gasteiger partial charge is 0.202 e. The van der Waals surface area contributed by atoms with E-state index in [-0.39, 0.29) is 18.0 Å². The molecule has 0 heterocycles. The highest BCUT2D eigenvalue weighted by Gasteiger charge is 2.14. The number of unbranched alkanes of at least 4 members (excludes halogenated alkanes) is 1. The van der Waals surface area contributed by atoms with Gasteiger partial charge in [-0.05, 0) is 24.5 Å². The Kier molecular flexibility index (Phi) is 6.45. The van der Waals surface area contributed by atoms with Crippen LogP contribution in [0.15, 0.2) is 28.7 Å². The van der Waals surface area contributed by atoms with Crippen molar-refractivity contribution in [3.63, 3.8) is 0 Å². The highest BCUT2D eigenvalue weighted by atomic mass is 79.9. The van der Waals surface area contributed by atoms with Crippen molar-refractivity contribution in [1.29, 1.82) is 0 Å². The molecule has 92 valence electrons. The minimum Gasteiger partial charge on any atom is -0.291 e. The van der Waals surface area contributed by atoms with Gasteiger partial charge in [0.2, 0.25) is 5.78 Å². The lowest BCUT2D eigenvalue weighted by atomic mass is 10.0. The second-order valence-corrected chi connectivity index (χ2v) is 4.99. The Labute approximate surface area is 114 Å². The molecule has 0 radical (unpaired) electrons. The third-order valence-electron chi connectivity index (χ3n) is 2.41. The van der Waals surface area contributed by atoms with Crippen LogP contribution in [0.25, 0.3) is 0 Å². The summed E-state index contributed by atoms with van der Waals surface area (Å²) >= 11 is 8.87. The Morgan fingerprint density at radius 3 is 2.47 bits per heavy atom. The quantitative estimate of drug-likeness (QED) is 0.438. The Bertz CT molecular complexity index is 404. The summed E-state index contributed by atoms with van der Waals surface area (Å²) in [5, 5.41) is 0. The fraction of sp³-hybridized carbons (Fsp3) is 0.385. The van der Waals surface area contributed by atoms with Gasteiger partial charge in [-0.2, -0.15) is 0 Å². The van der Waals surface area contributed by atoms with Gasteiger partial charge in [-0.1, -0.05) is 34.1 Å². The molecule has 0 aliphatic rings. The van der Waals surface area contributed by atoms with Gasteiger partial charge in [-0.25, -0.2) is 0 Å². The minimum absolute atomic E-state index is 0.168. The summed E-state index contributed by atoms with van der Waals surface area (Å²) in [7, 11) is 0. The van der Waals surface area contributed by atoms with Crippen molar-refractivity contribution in [2.24, 2.45) is 0 Å². The van der Waals surface area contributed by atoms with Crippen LogP contribution in [-0.2, 0) is 16.0 Å². The highest BCUT2D eigenvalue weighted by molar-refractivity contribution is 9.10. The van der Waals surface area contributed by atoms with E-state index in [0.29, 0.717) is 18.7 Å². The fourth-order valence-electron chi connectivity index (χ4n) is 1.43. The summed E-state index contributed by atoms with van der Waals surface area (Å²) < 4.78 is 0.863. The third kappa shape index (κ3) is 5.00. The minimum atomic E-state index is -0.327. The average Bonchev–Trinajstić information content (AvgIpc) is 2.32. The number of benzene rings is 1. The summed E-state index contributed by atoms with van der Waals surface area (Å²) in [6.07, 6.45) is 1.93. The largest absolute Gasteiger partial charge is 0.291 e. The maximum absolute atomic E-state index is 11.7. The number of halogens is 2. The molecule has 0 saturated heterocycles. The lowest BCUT2D eigenvalue weighted by Gasteiger charge is -2.03. The number of alkyl halides is 1. The predicted octanol–water partition coefficient (Wildman–Crippen LogP) is 3.54. The van der Waals surface area contributed by atoms with Gasteiger partial charge in [0.25, 0.3) is 0 Å². The molecule has 0 bridgehead atoms. The van der Waals surface area contributed by atoms with E-state index >= 15 is 0 Å². The van der Waals surface area contributed by atoms with Crippen molar-refractivity contribution in [2.75, 3.05) is 5.88 Å². The number of hydrogen-bond acceptors (Lipinski definition) is 2. The van der Waals surface area contributed by atoms with E-state index in [0.717, 1.165) is 16.5 Å². The van der Waals surface area contributed by atoms with Gasteiger partial charge in [0.1, 0.15) is 0 Å². The first-order chi connectivity index (χ1) is 8.15. The standard InChI is InChI=1S/C13H14BrClO2/c14-11-6-2-1-5-10(11)9-13(17)12(16)7-3-4-8-15/h1-2,5-6H,3-4,7-9H2. The summed E-state index contributed by atoms with van der Waals surface area (Å²) in [4.78, 5) is 23.2. The lowest BCUT2D eigenvalue weighted by molar-refractivity contribution is -0.136. The number of carbonyl (C=O) groups excluding carboxylic acids is 2. The molecule has 0 fully saturated rings. The molecule has 1 aromatic carbocycles. The molecular formula is C13H14BrClO2. The molecule has 0 aromatic heterocycles. The first kappa shape index (κ1) is 14.4. The number of ketones is 2. The Balaban J connectivity index is 2.49. The fourth-order valence-corrected chi connectivity index (χ4v) is 2.05. The maximum Gasteiger partial charge on any atom is 0.202 e. The van der Waals surface area contributed by atoms with Crippen LogP contribution < -0.4 is 0 Å². The molecule has 0 atom stereocenters. The van der Waals surface area contributed by atoms with Crippen molar-refractivity contribution in [3.8, 4) is 0 Å². The topological polar surface area (TPSA) is 34.1 Å². The van der Waals surface area contributed by atoms with E-state index in [1.54, 1.807) is 0 Å². The second kappa shape index (κ2) is 7.62. The van der Waals surface area contributed by atoms with Gasteiger partial charge in [-0.15, -0.1) is 11.6 Å². The first-order valence-electron chi connectivity index (χ1n) is 5.50. The third-order valence-corrected chi connectivity index (χ3v) is 3.45. The second-order valence-electron chi connectivity index (χ2n) is 3.76. The zero-order chi connectivity index (χ0) is 12.7. The molecule has 1 rings (SSSR count). The molecule has 0 unspecified atom stereocenters. The van der Waals surface area contributed by atoms with E-state index in [1.807, 2.05) is 24.3 Å². The van der Waals surface area contributed by atoms with Crippen molar-refractivity contribution in [3.05, 3.63) is 34.3 Å². The van der Waals surface area contributed by atoms with Gasteiger partial charge in [0.15, 0.2) is 5.78 Å². The molecule has 0 amide bonds. The number of carbonyl (C=O) groups is 2. The van der Waals surface area contributed by atoms with Crippen molar-refractivity contribution < 1.29 is 9.59 Å². The Hall–Kier alpha value is -0.670. The molecular weight excluding hydrogens is 303 g/mol. The van der Waals surface area contributed by atoms with Gasteiger partial charge >= 0.3 is 0 Å². The molecule has 17 heavy (non-hydrogen) atoms. The summed E-state index contributed by atoms with van der Waals surface area (Å²) in [6, 6.07) is 7.43. The molecule has 0 spiro atoms. The van der Waals surface area contributed by atoms with Crippen LogP contribution in [0.5, 0.6) is 0 Å². The molecule has 0 aliphatic carbocycles. The normalized spacial score (nSPS) is 10.2. The van der Waals surface area contributed by atoms with E-state index in [4.69, 9.17) is 11.6 Å². The zero-order valence-electron chi connectivity index (χ0n) is 9.42. The number of Topliss-reactive ketones (excluding diaryl/α,β-unsaturated/α-hetero) is 2. The molecule has 4 heteroatoms. The van der Waals surface area contributed by atoms with E-state index in [1.165, 1.54) is 0 Å². The summed E-state index contributed by atoms with van der Waals surface area (Å²) in [6.45, 7) is 0. The first-order valence-corrected chi connectivity index (χ1v) is 6.83. The number of rotatable bonds is 7. The molecule has 1 aromatic rings.